The molecule has 0 amide bonds. The number of aryl methyl sites for hydroxylation is 3. The average Bonchev–Trinajstić information content (AvgIpc) is 2.14. The summed E-state index contributed by atoms with van der Waals surface area (Å²) < 4.78 is 5.05. The van der Waals surface area contributed by atoms with Crippen LogP contribution >= 0.6 is 12.0 Å². The van der Waals surface area contributed by atoms with Crippen LogP contribution in [0.1, 0.15) is 30.5 Å². The van der Waals surface area contributed by atoms with Gasteiger partial charge in [-0.1, -0.05) is 31.5 Å². The van der Waals surface area contributed by atoms with E-state index in [1.54, 1.807) is 7.11 Å². The van der Waals surface area contributed by atoms with Crippen LogP contribution in [0.2, 0.25) is 0 Å². The van der Waals surface area contributed by atoms with Gasteiger partial charge in [0.05, 0.1) is 7.11 Å². The van der Waals surface area contributed by atoms with Crippen molar-refractivity contribution in [1.29, 1.82) is 0 Å². The van der Waals surface area contributed by atoms with Gasteiger partial charge in [0.2, 0.25) is 0 Å². The molecule has 14 heavy (non-hydrogen) atoms. The molecule has 1 nitrogen and oxygen atoms in total. The largest absolute Gasteiger partial charge is 0.314 e. The van der Waals surface area contributed by atoms with Crippen LogP contribution in [0.5, 0.6) is 0 Å². The van der Waals surface area contributed by atoms with Gasteiger partial charge in [-0.3, -0.25) is 0 Å². The van der Waals surface area contributed by atoms with Crippen molar-refractivity contribution in [3.05, 3.63) is 28.8 Å². The molecule has 0 saturated carbocycles. The molecule has 1 rings (SSSR count). The van der Waals surface area contributed by atoms with E-state index in [1.807, 2.05) is 13.8 Å². The minimum Gasteiger partial charge on any atom is -0.314 e. The Morgan fingerprint density at radius 2 is 1.43 bits per heavy atom. The van der Waals surface area contributed by atoms with Crippen molar-refractivity contribution in [3.63, 3.8) is 0 Å². The highest BCUT2D eigenvalue weighted by molar-refractivity contribution is 7.94. The smallest absolute Gasteiger partial charge is 0.0508 e. The maximum Gasteiger partial charge on any atom is 0.0508 e. The van der Waals surface area contributed by atoms with Crippen LogP contribution in [-0.4, -0.2) is 7.11 Å². The van der Waals surface area contributed by atoms with E-state index in [-0.39, 0.29) is 0 Å². The van der Waals surface area contributed by atoms with Crippen LogP contribution in [0.15, 0.2) is 17.0 Å². The summed E-state index contributed by atoms with van der Waals surface area (Å²) in [4.78, 5) is 1.24. The Hall–Kier alpha value is -0.470. The van der Waals surface area contributed by atoms with Crippen molar-refractivity contribution in [2.45, 2.75) is 39.5 Å². The molecule has 0 heterocycles. The molecule has 0 aliphatic rings. The molecule has 0 aliphatic carbocycles. The Bertz CT molecular complexity index is 259. The number of hydrogen-bond acceptors (Lipinski definition) is 2. The van der Waals surface area contributed by atoms with Crippen molar-refractivity contribution in [2.24, 2.45) is 0 Å². The highest BCUT2D eigenvalue weighted by Gasteiger charge is 2.03. The van der Waals surface area contributed by atoms with E-state index >= 15 is 0 Å². The predicted molar refractivity (Wildman–Crippen MR) is 64.9 cm³/mol. The van der Waals surface area contributed by atoms with Gasteiger partial charge < -0.3 is 4.18 Å². The minimum absolute atomic E-state index is 1.24. The molecule has 80 valence electrons. The molecule has 2 heteroatoms. The van der Waals surface area contributed by atoms with Crippen molar-refractivity contribution < 1.29 is 4.18 Å². The van der Waals surface area contributed by atoms with Gasteiger partial charge in [-0.25, -0.2) is 0 Å². The molecule has 0 aromatic heterocycles. The maximum absolute atomic E-state index is 5.05. The summed E-state index contributed by atoms with van der Waals surface area (Å²) >= 11 is 1.44. The van der Waals surface area contributed by atoms with Gasteiger partial charge in [-0.05, 0) is 31.9 Å². The zero-order valence-corrected chi connectivity index (χ0v) is 10.8. The highest BCUT2D eigenvalue weighted by Crippen LogP contribution is 2.27. The quantitative estimate of drug-likeness (QED) is 0.676. The SMILES string of the molecule is CC.COSc1c(C)cc(C)cc1C. The number of benzene rings is 1. The predicted octanol–water partition coefficient (Wildman–Crippen LogP) is 4.29. The van der Waals surface area contributed by atoms with E-state index < -0.39 is 0 Å². The third-order valence-corrected chi connectivity index (χ3v) is 2.75. The molecule has 1 aromatic rings. The fourth-order valence-electron chi connectivity index (χ4n) is 1.38. The van der Waals surface area contributed by atoms with E-state index in [4.69, 9.17) is 4.18 Å². The lowest BCUT2D eigenvalue weighted by Crippen LogP contribution is -1.87. The highest BCUT2D eigenvalue weighted by atomic mass is 32.2. The summed E-state index contributed by atoms with van der Waals surface area (Å²) in [5.74, 6) is 0. The molecule has 0 atom stereocenters. The van der Waals surface area contributed by atoms with Crippen molar-refractivity contribution >= 4 is 12.0 Å². The average molecular weight is 212 g/mol. The topological polar surface area (TPSA) is 9.23 Å². The van der Waals surface area contributed by atoms with Gasteiger partial charge in [-0.15, -0.1) is 0 Å². The zero-order chi connectivity index (χ0) is 11.1. The summed E-state index contributed by atoms with van der Waals surface area (Å²) in [5, 5.41) is 0. The fraction of sp³-hybridized carbons (Fsp3) is 0.500. The van der Waals surface area contributed by atoms with Gasteiger partial charge in [0.1, 0.15) is 0 Å². The second kappa shape index (κ2) is 6.91. The van der Waals surface area contributed by atoms with Crippen LogP contribution in [0.4, 0.5) is 0 Å². The second-order valence-corrected chi connectivity index (χ2v) is 3.89. The monoisotopic (exact) mass is 212 g/mol. The van der Waals surface area contributed by atoms with Gasteiger partial charge in [-0.2, -0.15) is 0 Å². The normalized spacial score (nSPS) is 9.29. The van der Waals surface area contributed by atoms with E-state index in [1.165, 1.54) is 33.6 Å². The van der Waals surface area contributed by atoms with Crippen LogP contribution < -0.4 is 0 Å². The van der Waals surface area contributed by atoms with E-state index in [9.17, 15) is 0 Å². The fourth-order valence-corrected chi connectivity index (χ4v) is 1.93. The molecule has 0 spiro atoms. The van der Waals surface area contributed by atoms with E-state index in [0.29, 0.717) is 0 Å². The first-order valence-corrected chi connectivity index (χ1v) is 5.68. The molecule has 0 fully saturated rings. The Labute approximate surface area is 92.1 Å². The Kier molecular flexibility index (Phi) is 6.67. The Balaban J connectivity index is 0.000000791. The first-order valence-electron chi connectivity index (χ1n) is 4.93. The van der Waals surface area contributed by atoms with E-state index in [2.05, 4.69) is 32.9 Å². The van der Waals surface area contributed by atoms with Crippen LogP contribution in [-0.2, 0) is 4.18 Å². The number of hydrogen-bond donors (Lipinski definition) is 0. The maximum atomic E-state index is 5.05. The summed E-state index contributed by atoms with van der Waals surface area (Å²) in [5.41, 5.74) is 3.89. The van der Waals surface area contributed by atoms with Gasteiger partial charge in [0.15, 0.2) is 0 Å². The molecule has 0 unspecified atom stereocenters. The molecule has 0 bridgehead atoms. The first-order chi connectivity index (χ1) is 6.65. The minimum atomic E-state index is 1.24. The molecule has 0 N–H and O–H groups in total. The van der Waals surface area contributed by atoms with Crippen LogP contribution in [0.25, 0.3) is 0 Å². The summed E-state index contributed by atoms with van der Waals surface area (Å²) in [6.07, 6.45) is 0. The molecule has 0 saturated heterocycles. The van der Waals surface area contributed by atoms with Crippen molar-refractivity contribution in [2.75, 3.05) is 7.11 Å². The second-order valence-electron chi connectivity index (χ2n) is 2.98. The van der Waals surface area contributed by atoms with Gasteiger partial charge >= 0.3 is 0 Å². The Morgan fingerprint density at radius 3 is 1.79 bits per heavy atom. The van der Waals surface area contributed by atoms with E-state index in [0.717, 1.165) is 0 Å². The lowest BCUT2D eigenvalue weighted by molar-refractivity contribution is 0.489. The summed E-state index contributed by atoms with van der Waals surface area (Å²) in [7, 11) is 1.70. The lowest BCUT2D eigenvalue weighted by Gasteiger charge is -2.08. The van der Waals surface area contributed by atoms with Crippen LogP contribution in [0.3, 0.4) is 0 Å². The van der Waals surface area contributed by atoms with Crippen molar-refractivity contribution in [3.8, 4) is 0 Å². The summed E-state index contributed by atoms with van der Waals surface area (Å²) in [6, 6.07) is 4.35. The first kappa shape index (κ1) is 13.5. The molecular weight excluding hydrogens is 192 g/mol. The standard InChI is InChI=1S/C10H14OS.C2H6/c1-7-5-8(2)10(12-11-4)9(3)6-7;1-2/h5-6H,1-4H3;1-2H3. The third-order valence-electron chi connectivity index (χ3n) is 1.77. The van der Waals surface area contributed by atoms with Crippen molar-refractivity contribution in [1.82, 2.24) is 0 Å². The summed E-state index contributed by atoms with van der Waals surface area (Å²) in [6.45, 7) is 10.3. The van der Waals surface area contributed by atoms with Crippen LogP contribution in [0, 0.1) is 20.8 Å². The zero-order valence-electron chi connectivity index (χ0n) is 9.97. The Morgan fingerprint density at radius 1 is 1.00 bits per heavy atom. The number of rotatable bonds is 2. The lowest BCUT2D eigenvalue weighted by atomic mass is 10.1. The molecular formula is C12H20OS. The molecule has 1 aromatic carbocycles. The van der Waals surface area contributed by atoms with Gasteiger partial charge in [0.25, 0.3) is 0 Å². The third kappa shape index (κ3) is 3.72. The molecule has 0 radical (unpaired) electrons. The van der Waals surface area contributed by atoms with Gasteiger partial charge in [0, 0.05) is 16.9 Å². The molecule has 0 aliphatic heterocycles.